The monoisotopic (exact) mass is 273 g/mol. The van der Waals surface area contributed by atoms with E-state index in [4.69, 9.17) is 4.74 Å². The minimum Gasteiger partial charge on any atom is -0.465 e. The lowest BCUT2D eigenvalue weighted by atomic mass is 9.96. The van der Waals surface area contributed by atoms with Crippen LogP contribution in [0.4, 0.5) is 0 Å². The molecule has 2 aliphatic rings. The smallest absolute Gasteiger partial charge is 0.323 e. The minimum absolute atomic E-state index is 0.0255. The number of benzene rings is 1. The standard InChI is InChI=1S/C17H23NO2/c1-3-20-17(19)16-14-9-10-15(11-14)18(16)12(2)13-7-5-4-6-8-13/h4-8,12,14-16H,3,9-11H2,1-2H3/t12?,14-,15+,16-/m0/s1. The number of piperidine rings is 1. The average molecular weight is 273 g/mol. The molecular weight excluding hydrogens is 250 g/mol. The van der Waals surface area contributed by atoms with Gasteiger partial charge in [0.1, 0.15) is 6.04 Å². The molecule has 1 aromatic rings. The van der Waals surface area contributed by atoms with Gasteiger partial charge in [-0.25, -0.2) is 0 Å². The van der Waals surface area contributed by atoms with Crippen LogP contribution in [0.25, 0.3) is 0 Å². The van der Waals surface area contributed by atoms with E-state index in [0.717, 1.165) is 6.42 Å². The molecule has 2 fully saturated rings. The lowest BCUT2D eigenvalue weighted by Gasteiger charge is -2.38. The molecule has 1 aliphatic heterocycles. The Morgan fingerprint density at radius 2 is 2.10 bits per heavy atom. The Hall–Kier alpha value is -1.35. The molecule has 0 radical (unpaired) electrons. The second-order valence-corrected chi connectivity index (χ2v) is 5.96. The summed E-state index contributed by atoms with van der Waals surface area (Å²) in [5, 5.41) is 0. The number of rotatable bonds is 4. The van der Waals surface area contributed by atoms with Gasteiger partial charge in [0, 0.05) is 12.1 Å². The molecular formula is C17H23NO2. The summed E-state index contributed by atoms with van der Waals surface area (Å²) in [6.45, 7) is 4.57. The van der Waals surface area contributed by atoms with Crippen LogP contribution in [0.5, 0.6) is 0 Å². The molecule has 1 unspecified atom stereocenters. The molecule has 20 heavy (non-hydrogen) atoms. The van der Waals surface area contributed by atoms with E-state index in [2.05, 4.69) is 36.1 Å². The summed E-state index contributed by atoms with van der Waals surface area (Å²) in [6, 6.07) is 11.3. The van der Waals surface area contributed by atoms with Gasteiger partial charge in [-0.2, -0.15) is 0 Å². The molecule has 0 N–H and O–H groups in total. The van der Waals surface area contributed by atoms with Crippen LogP contribution >= 0.6 is 0 Å². The van der Waals surface area contributed by atoms with Crippen molar-refractivity contribution in [3.63, 3.8) is 0 Å². The molecule has 108 valence electrons. The zero-order valence-corrected chi connectivity index (χ0v) is 12.3. The highest BCUT2D eigenvalue weighted by molar-refractivity contribution is 5.77. The van der Waals surface area contributed by atoms with Crippen molar-refractivity contribution >= 4 is 5.97 Å². The fraction of sp³-hybridized carbons (Fsp3) is 0.588. The lowest BCUT2D eigenvalue weighted by Crippen LogP contribution is -2.47. The molecule has 0 aromatic heterocycles. The van der Waals surface area contributed by atoms with Gasteiger partial charge in [0.2, 0.25) is 0 Å². The molecule has 1 aromatic carbocycles. The predicted octanol–water partition coefficient (Wildman–Crippen LogP) is 3.16. The van der Waals surface area contributed by atoms with Gasteiger partial charge in [-0.3, -0.25) is 9.69 Å². The molecule has 0 amide bonds. The molecule has 1 saturated carbocycles. The molecule has 1 heterocycles. The van der Waals surface area contributed by atoms with Crippen molar-refractivity contribution in [2.45, 2.75) is 51.2 Å². The third-order valence-corrected chi connectivity index (χ3v) is 4.89. The zero-order chi connectivity index (χ0) is 14.1. The largest absolute Gasteiger partial charge is 0.465 e. The first kappa shape index (κ1) is 13.6. The SMILES string of the molecule is CCOC(=O)[C@@H]1[C@H]2CC[C@H](C2)N1C(C)c1ccccc1. The molecule has 2 bridgehead atoms. The number of esters is 1. The van der Waals surface area contributed by atoms with Crippen molar-refractivity contribution in [1.82, 2.24) is 4.90 Å². The summed E-state index contributed by atoms with van der Waals surface area (Å²) in [4.78, 5) is 14.7. The molecule has 1 saturated heterocycles. The molecule has 1 aliphatic carbocycles. The Balaban J connectivity index is 1.84. The summed E-state index contributed by atoms with van der Waals surface area (Å²) in [7, 11) is 0. The topological polar surface area (TPSA) is 29.5 Å². The maximum atomic E-state index is 12.3. The van der Waals surface area contributed by atoms with E-state index < -0.39 is 0 Å². The van der Waals surface area contributed by atoms with Gasteiger partial charge >= 0.3 is 5.97 Å². The fourth-order valence-electron chi connectivity index (χ4n) is 4.02. The molecule has 0 spiro atoms. The van der Waals surface area contributed by atoms with Gasteiger partial charge in [-0.15, -0.1) is 0 Å². The van der Waals surface area contributed by atoms with E-state index in [1.165, 1.54) is 18.4 Å². The Labute approximate surface area is 120 Å². The predicted molar refractivity (Wildman–Crippen MR) is 78.2 cm³/mol. The van der Waals surface area contributed by atoms with Crippen LogP contribution in [0.1, 0.15) is 44.7 Å². The third-order valence-electron chi connectivity index (χ3n) is 4.89. The number of fused-ring (bicyclic) bond motifs is 2. The normalized spacial score (nSPS) is 30.4. The van der Waals surface area contributed by atoms with E-state index in [1.54, 1.807) is 0 Å². The van der Waals surface area contributed by atoms with Gasteiger partial charge in [0.25, 0.3) is 0 Å². The second kappa shape index (κ2) is 5.57. The first-order valence-corrected chi connectivity index (χ1v) is 7.71. The van der Waals surface area contributed by atoms with Crippen molar-refractivity contribution in [3.8, 4) is 0 Å². The van der Waals surface area contributed by atoms with Crippen molar-refractivity contribution < 1.29 is 9.53 Å². The Morgan fingerprint density at radius 1 is 1.35 bits per heavy atom. The van der Waals surface area contributed by atoms with Gasteiger partial charge in [-0.05, 0) is 44.6 Å². The quantitative estimate of drug-likeness (QED) is 0.789. The van der Waals surface area contributed by atoms with Gasteiger partial charge in [-0.1, -0.05) is 30.3 Å². The van der Waals surface area contributed by atoms with E-state index in [0.29, 0.717) is 18.6 Å². The van der Waals surface area contributed by atoms with Crippen molar-refractivity contribution in [3.05, 3.63) is 35.9 Å². The fourth-order valence-corrected chi connectivity index (χ4v) is 4.02. The van der Waals surface area contributed by atoms with Crippen molar-refractivity contribution in [2.24, 2.45) is 5.92 Å². The van der Waals surface area contributed by atoms with E-state index in [9.17, 15) is 4.79 Å². The van der Waals surface area contributed by atoms with Crippen LogP contribution in [0.15, 0.2) is 30.3 Å². The van der Waals surface area contributed by atoms with Crippen LogP contribution < -0.4 is 0 Å². The van der Waals surface area contributed by atoms with Crippen LogP contribution in [0.2, 0.25) is 0 Å². The maximum Gasteiger partial charge on any atom is 0.323 e. The van der Waals surface area contributed by atoms with E-state index in [-0.39, 0.29) is 18.1 Å². The number of hydrogen-bond donors (Lipinski definition) is 0. The summed E-state index contributed by atoms with van der Waals surface area (Å²) in [6.07, 6.45) is 3.55. The Bertz CT molecular complexity index is 473. The zero-order valence-electron chi connectivity index (χ0n) is 12.3. The highest BCUT2D eigenvalue weighted by Gasteiger charge is 2.51. The molecule has 3 heteroatoms. The average Bonchev–Trinajstić information content (AvgIpc) is 3.08. The number of carbonyl (C=O) groups is 1. The first-order chi connectivity index (χ1) is 9.72. The van der Waals surface area contributed by atoms with Crippen LogP contribution in [0.3, 0.4) is 0 Å². The van der Waals surface area contributed by atoms with Crippen molar-refractivity contribution in [1.29, 1.82) is 0 Å². The van der Waals surface area contributed by atoms with Gasteiger partial charge < -0.3 is 4.74 Å². The summed E-state index contributed by atoms with van der Waals surface area (Å²) in [5.41, 5.74) is 1.29. The van der Waals surface area contributed by atoms with Gasteiger partial charge in [0.15, 0.2) is 0 Å². The number of hydrogen-bond acceptors (Lipinski definition) is 3. The van der Waals surface area contributed by atoms with Gasteiger partial charge in [0.05, 0.1) is 6.61 Å². The second-order valence-electron chi connectivity index (χ2n) is 5.96. The minimum atomic E-state index is -0.0380. The maximum absolute atomic E-state index is 12.3. The van der Waals surface area contributed by atoms with E-state index in [1.807, 2.05) is 13.0 Å². The number of carbonyl (C=O) groups excluding carboxylic acids is 1. The Morgan fingerprint density at radius 3 is 2.80 bits per heavy atom. The molecule has 4 atom stereocenters. The summed E-state index contributed by atoms with van der Waals surface area (Å²) < 4.78 is 5.31. The van der Waals surface area contributed by atoms with Crippen LogP contribution in [-0.4, -0.2) is 29.6 Å². The van der Waals surface area contributed by atoms with Crippen molar-refractivity contribution in [2.75, 3.05) is 6.61 Å². The number of likely N-dealkylation sites (tertiary alicyclic amines) is 1. The first-order valence-electron chi connectivity index (χ1n) is 7.71. The highest BCUT2D eigenvalue weighted by Crippen LogP contribution is 2.46. The Kier molecular flexibility index (Phi) is 3.79. The summed E-state index contributed by atoms with van der Waals surface area (Å²) in [5.74, 6) is 0.465. The molecule has 3 nitrogen and oxygen atoms in total. The number of ether oxygens (including phenoxy) is 1. The van der Waals surface area contributed by atoms with Crippen LogP contribution in [-0.2, 0) is 9.53 Å². The third kappa shape index (κ3) is 2.24. The summed E-state index contributed by atoms with van der Waals surface area (Å²) >= 11 is 0. The highest BCUT2D eigenvalue weighted by atomic mass is 16.5. The lowest BCUT2D eigenvalue weighted by molar-refractivity contribution is -0.152. The number of nitrogens with zero attached hydrogens (tertiary/aromatic N) is 1. The molecule has 3 rings (SSSR count). The van der Waals surface area contributed by atoms with E-state index >= 15 is 0 Å². The van der Waals surface area contributed by atoms with Crippen LogP contribution in [0, 0.1) is 5.92 Å².